The molecule has 0 nitrogen and oxygen atoms in total. The number of hydrogen-bond acceptors (Lipinski definition) is 3. The summed E-state index contributed by atoms with van der Waals surface area (Å²) in [5, 5.41) is 0. The Balaban J connectivity index is 1.71. The van der Waals surface area contributed by atoms with Crippen LogP contribution in [0.5, 0.6) is 0 Å². The lowest BCUT2D eigenvalue weighted by Crippen LogP contribution is -1.89. The highest BCUT2D eigenvalue weighted by Crippen LogP contribution is 2.31. The lowest BCUT2D eigenvalue weighted by atomic mass is 10.2. The van der Waals surface area contributed by atoms with Gasteiger partial charge >= 0.3 is 0 Å². The van der Waals surface area contributed by atoms with Crippen molar-refractivity contribution >= 4 is 36.2 Å². The summed E-state index contributed by atoms with van der Waals surface area (Å²) in [6.45, 7) is 0. The molecule has 0 fully saturated rings. The van der Waals surface area contributed by atoms with Crippen LogP contribution in [0.1, 0.15) is 11.1 Å². The second-order valence-corrected chi connectivity index (χ2v) is 7.60. The Morgan fingerprint density at radius 3 is 1.50 bits per heavy atom. The summed E-state index contributed by atoms with van der Waals surface area (Å²) < 4.78 is 0.324. The van der Waals surface area contributed by atoms with Gasteiger partial charge in [0.25, 0.3) is 0 Å². The first-order chi connectivity index (χ1) is 8.84. The average molecular weight is 292 g/mol. The van der Waals surface area contributed by atoms with Crippen LogP contribution in [0.4, 0.5) is 0 Å². The molecule has 2 aromatic carbocycles. The Bertz CT molecular complexity index is 398. The van der Waals surface area contributed by atoms with Crippen LogP contribution in [0.15, 0.2) is 60.7 Å². The zero-order valence-corrected chi connectivity index (χ0v) is 12.6. The quantitative estimate of drug-likeness (QED) is 0.583. The first-order valence-electron chi connectivity index (χ1n) is 5.84. The Kier molecular flexibility index (Phi) is 6.05. The minimum absolute atomic E-state index is 0.324. The summed E-state index contributed by atoms with van der Waals surface area (Å²) in [4.78, 5) is 0. The van der Waals surface area contributed by atoms with Crippen LogP contribution in [0.25, 0.3) is 0 Å². The average Bonchev–Trinajstić information content (AvgIpc) is 2.45. The van der Waals surface area contributed by atoms with Crippen molar-refractivity contribution in [2.75, 3.05) is 0 Å². The van der Waals surface area contributed by atoms with Gasteiger partial charge in [0, 0.05) is 11.5 Å². The van der Waals surface area contributed by atoms with Gasteiger partial charge in [-0.2, -0.15) is 12.6 Å². The predicted molar refractivity (Wildman–Crippen MR) is 88.2 cm³/mol. The van der Waals surface area contributed by atoms with Gasteiger partial charge in [-0.05, 0) is 11.1 Å². The molecule has 0 aromatic heterocycles. The van der Waals surface area contributed by atoms with E-state index in [2.05, 4.69) is 73.3 Å². The van der Waals surface area contributed by atoms with Gasteiger partial charge in [0.1, 0.15) is 0 Å². The van der Waals surface area contributed by atoms with E-state index in [1.165, 1.54) is 11.1 Å². The van der Waals surface area contributed by atoms with Crippen LogP contribution in [0, 0.1) is 0 Å². The Morgan fingerprint density at radius 2 is 1.11 bits per heavy atom. The third kappa shape index (κ3) is 5.01. The van der Waals surface area contributed by atoms with Gasteiger partial charge in [0.05, 0.1) is 3.91 Å². The molecule has 3 heteroatoms. The molecule has 0 spiro atoms. The van der Waals surface area contributed by atoms with Crippen molar-refractivity contribution in [3.8, 4) is 0 Å². The number of hydrogen-bond donors (Lipinski definition) is 1. The molecule has 0 amide bonds. The number of thiol groups is 1. The van der Waals surface area contributed by atoms with Crippen molar-refractivity contribution < 1.29 is 0 Å². The molecule has 0 atom stereocenters. The van der Waals surface area contributed by atoms with E-state index in [1.54, 1.807) is 0 Å². The van der Waals surface area contributed by atoms with Crippen LogP contribution in [-0.4, -0.2) is 3.91 Å². The maximum Gasteiger partial charge on any atom is 0.0934 e. The standard InChI is InChI=1S/C15H16S3/c16-15(17-11-13-7-3-1-4-8-13)18-12-14-9-5-2-6-10-14/h1-10,15-16H,11-12H2. The monoisotopic (exact) mass is 292 g/mol. The van der Waals surface area contributed by atoms with Crippen molar-refractivity contribution in [2.45, 2.75) is 15.4 Å². The second-order valence-electron chi connectivity index (χ2n) is 3.90. The third-order valence-electron chi connectivity index (χ3n) is 2.47. The molecule has 0 aliphatic rings. The van der Waals surface area contributed by atoms with E-state index in [4.69, 9.17) is 0 Å². The van der Waals surface area contributed by atoms with Gasteiger partial charge in [-0.15, -0.1) is 23.5 Å². The fourth-order valence-corrected chi connectivity index (χ4v) is 3.83. The zero-order chi connectivity index (χ0) is 12.6. The van der Waals surface area contributed by atoms with E-state index in [9.17, 15) is 0 Å². The predicted octanol–water partition coefficient (Wildman–Crippen LogP) is 5.07. The van der Waals surface area contributed by atoms with E-state index in [-0.39, 0.29) is 0 Å². The Morgan fingerprint density at radius 1 is 0.722 bits per heavy atom. The zero-order valence-electron chi connectivity index (χ0n) is 10.0. The van der Waals surface area contributed by atoms with Gasteiger partial charge in [0.15, 0.2) is 0 Å². The molecule has 0 bridgehead atoms. The molecule has 2 rings (SSSR count). The first kappa shape index (κ1) is 13.9. The fourth-order valence-electron chi connectivity index (χ4n) is 1.53. The van der Waals surface area contributed by atoms with Crippen molar-refractivity contribution in [2.24, 2.45) is 0 Å². The van der Waals surface area contributed by atoms with Gasteiger partial charge < -0.3 is 0 Å². The minimum Gasteiger partial charge on any atom is -0.154 e. The summed E-state index contributed by atoms with van der Waals surface area (Å²) in [6, 6.07) is 21.1. The summed E-state index contributed by atoms with van der Waals surface area (Å²) in [7, 11) is 0. The normalized spacial score (nSPS) is 10.8. The van der Waals surface area contributed by atoms with Crippen molar-refractivity contribution in [1.29, 1.82) is 0 Å². The van der Waals surface area contributed by atoms with Crippen LogP contribution in [0.3, 0.4) is 0 Å². The molecule has 2 aromatic rings. The van der Waals surface area contributed by atoms with E-state index in [0.717, 1.165) is 11.5 Å². The maximum absolute atomic E-state index is 4.62. The SMILES string of the molecule is SC(SCc1ccccc1)SCc1ccccc1. The van der Waals surface area contributed by atoms with E-state index in [0.29, 0.717) is 3.91 Å². The fraction of sp³-hybridized carbons (Fsp3) is 0.200. The molecular weight excluding hydrogens is 276 g/mol. The number of benzene rings is 2. The lowest BCUT2D eigenvalue weighted by molar-refractivity contribution is 1.41. The second kappa shape index (κ2) is 7.82. The molecule has 0 unspecified atom stereocenters. The molecule has 0 N–H and O–H groups in total. The molecule has 0 aliphatic carbocycles. The number of thioether (sulfide) groups is 2. The topological polar surface area (TPSA) is 0 Å². The molecular formula is C15H16S3. The van der Waals surface area contributed by atoms with Crippen molar-refractivity contribution in [3.05, 3.63) is 71.8 Å². The van der Waals surface area contributed by atoms with E-state index in [1.807, 2.05) is 23.5 Å². The van der Waals surface area contributed by atoms with Crippen molar-refractivity contribution in [3.63, 3.8) is 0 Å². The first-order valence-corrected chi connectivity index (χ1v) is 8.45. The van der Waals surface area contributed by atoms with E-state index < -0.39 is 0 Å². The third-order valence-corrected chi connectivity index (χ3v) is 5.75. The maximum atomic E-state index is 4.62. The molecule has 0 aliphatic heterocycles. The summed E-state index contributed by atoms with van der Waals surface area (Å²) >= 11 is 8.37. The van der Waals surface area contributed by atoms with Gasteiger partial charge in [-0.1, -0.05) is 60.7 Å². The molecule has 18 heavy (non-hydrogen) atoms. The smallest absolute Gasteiger partial charge is 0.0934 e. The largest absolute Gasteiger partial charge is 0.154 e. The highest BCUT2D eigenvalue weighted by Gasteiger charge is 2.04. The van der Waals surface area contributed by atoms with Crippen LogP contribution < -0.4 is 0 Å². The summed E-state index contributed by atoms with van der Waals surface area (Å²) in [5.41, 5.74) is 2.73. The van der Waals surface area contributed by atoms with Crippen LogP contribution in [-0.2, 0) is 11.5 Å². The van der Waals surface area contributed by atoms with Gasteiger partial charge in [-0.25, -0.2) is 0 Å². The highest BCUT2D eigenvalue weighted by molar-refractivity contribution is 8.27. The van der Waals surface area contributed by atoms with Gasteiger partial charge in [0.2, 0.25) is 0 Å². The Hall–Kier alpha value is -0.510. The van der Waals surface area contributed by atoms with Crippen molar-refractivity contribution in [1.82, 2.24) is 0 Å². The minimum atomic E-state index is 0.324. The Labute approximate surface area is 123 Å². The van der Waals surface area contributed by atoms with Gasteiger partial charge in [-0.3, -0.25) is 0 Å². The van der Waals surface area contributed by atoms with Crippen LogP contribution in [0.2, 0.25) is 0 Å². The highest BCUT2D eigenvalue weighted by atomic mass is 32.3. The summed E-state index contributed by atoms with van der Waals surface area (Å²) in [6.07, 6.45) is 0. The lowest BCUT2D eigenvalue weighted by Gasteiger charge is -2.10. The van der Waals surface area contributed by atoms with Crippen LogP contribution >= 0.6 is 36.2 Å². The van der Waals surface area contributed by atoms with E-state index >= 15 is 0 Å². The molecule has 0 radical (unpaired) electrons. The number of rotatable bonds is 6. The summed E-state index contributed by atoms with van der Waals surface area (Å²) in [5.74, 6) is 2.05. The molecule has 0 saturated heterocycles. The molecule has 0 saturated carbocycles. The molecule has 0 heterocycles. The molecule has 94 valence electrons.